The maximum atomic E-state index is 6.12. The van der Waals surface area contributed by atoms with Crippen LogP contribution in [0, 0.1) is 0 Å². The van der Waals surface area contributed by atoms with Gasteiger partial charge in [0.1, 0.15) is 5.75 Å². The molecule has 1 aliphatic rings. The molecule has 1 saturated carbocycles. The molecule has 0 bridgehead atoms. The number of hydrogen-bond donors (Lipinski definition) is 1. The minimum absolute atomic E-state index is 0. The first-order valence-corrected chi connectivity index (χ1v) is 6.54. The van der Waals surface area contributed by atoms with Crippen molar-refractivity contribution in [2.75, 3.05) is 0 Å². The average Bonchev–Trinajstić information content (AvgIpc) is 2.84. The molecule has 0 amide bonds. The highest BCUT2D eigenvalue weighted by Crippen LogP contribution is 2.36. The topological polar surface area (TPSA) is 74.2 Å². The van der Waals surface area contributed by atoms with E-state index in [0.717, 1.165) is 19.3 Å². The molecule has 108 valence electrons. The number of halogens is 2. The number of aromatic nitrogens is 2. The predicted molar refractivity (Wildman–Crippen MR) is 77.0 cm³/mol. The van der Waals surface area contributed by atoms with Crippen LogP contribution in [0.1, 0.15) is 31.0 Å². The Morgan fingerprint density at radius 2 is 2.00 bits per heavy atom. The summed E-state index contributed by atoms with van der Waals surface area (Å²) < 4.78 is 10.7. The zero-order valence-electron chi connectivity index (χ0n) is 10.7. The van der Waals surface area contributed by atoms with Crippen LogP contribution in [0.3, 0.4) is 0 Å². The second-order valence-corrected chi connectivity index (χ2v) is 5.20. The second kappa shape index (κ2) is 5.99. The summed E-state index contributed by atoms with van der Waals surface area (Å²) in [4.78, 5) is 4.28. The van der Waals surface area contributed by atoms with E-state index in [2.05, 4.69) is 10.1 Å². The SMILES string of the molecule is Cl.NC1(c2noc(COc3ccc(Cl)cc3)n2)CCC1. The molecule has 0 aliphatic heterocycles. The number of hydrogen-bond acceptors (Lipinski definition) is 5. The van der Waals surface area contributed by atoms with Gasteiger partial charge in [-0.05, 0) is 43.5 Å². The molecule has 1 aromatic heterocycles. The Labute approximate surface area is 127 Å². The summed E-state index contributed by atoms with van der Waals surface area (Å²) in [6, 6.07) is 7.10. The minimum Gasteiger partial charge on any atom is -0.484 e. The third kappa shape index (κ3) is 3.06. The largest absolute Gasteiger partial charge is 0.484 e. The lowest BCUT2D eigenvalue weighted by Crippen LogP contribution is -2.44. The van der Waals surface area contributed by atoms with Crippen molar-refractivity contribution in [2.45, 2.75) is 31.4 Å². The van der Waals surface area contributed by atoms with Crippen molar-refractivity contribution in [1.29, 1.82) is 0 Å². The highest BCUT2D eigenvalue weighted by molar-refractivity contribution is 6.30. The van der Waals surface area contributed by atoms with Crippen LogP contribution in [0.15, 0.2) is 28.8 Å². The number of nitrogens with two attached hydrogens (primary N) is 1. The molecule has 0 atom stereocenters. The Bertz CT molecular complexity index is 567. The van der Waals surface area contributed by atoms with Crippen molar-refractivity contribution >= 4 is 24.0 Å². The minimum atomic E-state index is -0.401. The van der Waals surface area contributed by atoms with Crippen molar-refractivity contribution < 1.29 is 9.26 Å². The fourth-order valence-electron chi connectivity index (χ4n) is 1.97. The molecule has 5 nitrogen and oxygen atoms in total. The van der Waals surface area contributed by atoms with Crippen molar-refractivity contribution in [2.24, 2.45) is 5.73 Å². The monoisotopic (exact) mass is 315 g/mol. The van der Waals surface area contributed by atoms with Crippen molar-refractivity contribution in [3.8, 4) is 5.75 Å². The molecule has 3 rings (SSSR count). The molecule has 1 fully saturated rings. The quantitative estimate of drug-likeness (QED) is 0.938. The third-order valence-electron chi connectivity index (χ3n) is 3.34. The molecular formula is C13H15Cl2N3O2. The lowest BCUT2D eigenvalue weighted by atomic mass is 9.77. The van der Waals surface area contributed by atoms with Crippen LogP contribution in [0.2, 0.25) is 5.02 Å². The van der Waals surface area contributed by atoms with Gasteiger partial charge >= 0.3 is 0 Å². The Morgan fingerprint density at radius 1 is 1.30 bits per heavy atom. The van der Waals surface area contributed by atoms with Crippen LogP contribution < -0.4 is 10.5 Å². The standard InChI is InChI=1S/C13H14ClN3O2.ClH/c14-9-2-4-10(5-3-9)18-8-11-16-12(17-19-11)13(15)6-1-7-13;/h2-5H,1,6-8,15H2;1H. The molecule has 7 heteroatoms. The molecule has 1 heterocycles. The second-order valence-electron chi connectivity index (χ2n) is 4.76. The molecule has 2 aromatic rings. The first kappa shape index (κ1) is 15.1. The highest BCUT2D eigenvalue weighted by atomic mass is 35.5. The van der Waals surface area contributed by atoms with Gasteiger partial charge in [0.2, 0.25) is 0 Å². The van der Waals surface area contributed by atoms with E-state index in [0.29, 0.717) is 22.5 Å². The van der Waals surface area contributed by atoms with E-state index in [9.17, 15) is 0 Å². The van der Waals surface area contributed by atoms with Crippen LogP contribution in [0.25, 0.3) is 0 Å². The van der Waals surface area contributed by atoms with Crippen molar-refractivity contribution in [3.63, 3.8) is 0 Å². The van der Waals surface area contributed by atoms with E-state index < -0.39 is 5.54 Å². The van der Waals surface area contributed by atoms with Gasteiger partial charge in [-0.2, -0.15) is 4.98 Å². The Kier molecular flexibility index (Phi) is 4.52. The van der Waals surface area contributed by atoms with Gasteiger partial charge in [0.25, 0.3) is 5.89 Å². The van der Waals surface area contributed by atoms with E-state index in [1.165, 1.54) is 0 Å². The van der Waals surface area contributed by atoms with Gasteiger partial charge in [0.15, 0.2) is 12.4 Å². The van der Waals surface area contributed by atoms with E-state index in [1.54, 1.807) is 24.3 Å². The molecule has 0 radical (unpaired) electrons. The Hall–Kier alpha value is -1.30. The van der Waals surface area contributed by atoms with E-state index >= 15 is 0 Å². The summed E-state index contributed by atoms with van der Waals surface area (Å²) >= 11 is 5.79. The fraction of sp³-hybridized carbons (Fsp3) is 0.385. The van der Waals surface area contributed by atoms with Crippen LogP contribution in [-0.4, -0.2) is 10.1 Å². The van der Waals surface area contributed by atoms with Crippen LogP contribution in [0.4, 0.5) is 0 Å². The Balaban J connectivity index is 0.00000147. The highest BCUT2D eigenvalue weighted by Gasteiger charge is 2.38. The molecule has 0 unspecified atom stereocenters. The molecule has 2 N–H and O–H groups in total. The summed E-state index contributed by atoms with van der Waals surface area (Å²) in [7, 11) is 0. The molecule has 1 aliphatic carbocycles. The number of benzene rings is 1. The van der Waals surface area contributed by atoms with Gasteiger partial charge in [-0.3, -0.25) is 0 Å². The molecule has 1 aromatic carbocycles. The maximum Gasteiger partial charge on any atom is 0.264 e. The zero-order chi connectivity index (χ0) is 13.3. The summed E-state index contributed by atoms with van der Waals surface area (Å²) in [5, 5.41) is 4.59. The van der Waals surface area contributed by atoms with Crippen molar-refractivity contribution in [1.82, 2.24) is 10.1 Å². The molecule has 20 heavy (non-hydrogen) atoms. The average molecular weight is 316 g/mol. The Morgan fingerprint density at radius 3 is 2.60 bits per heavy atom. The molecule has 0 saturated heterocycles. The van der Waals surface area contributed by atoms with Gasteiger partial charge in [-0.15, -0.1) is 12.4 Å². The van der Waals surface area contributed by atoms with Crippen LogP contribution >= 0.6 is 24.0 Å². The van der Waals surface area contributed by atoms with Gasteiger partial charge in [0.05, 0.1) is 5.54 Å². The lowest BCUT2D eigenvalue weighted by Gasteiger charge is -2.34. The molecular weight excluding hydrogens is 301 g/mol. The molecule has 0 spiro atoms. The third-order valence-corrected chi connectivity index (χ3v) is 3.59. The van der Waals surface area contributed by atoms with Gasteiger partial charge in [-0.25, -0.2) is 0 Å². The van der Waals surface area contributed by atoms with Crippen molar-refractivity contribution in [3.05, 3.63) is 41.0 Å². The van der Waals surface area contributed by atoms with E-state index in [1.807, 2.05) is 0 Å². The summed E-state index contributed by atoms with van der Waals surface area (Å²) in [6.07, 6.45) is 2.93. The van der Waals surface area contributed by atoms with Gasteiger partial charge in [-0.1, -0.05) is 16.8 Å². The smallest absolute Gasteiger partial charge is 0.264 e. The van der Waals surface area contributed by atoms with E-state index in [4.69, 9.17) is 26.6 Å². The lowest BCUT2D eigenvalue weighted by molar-refractivity contribution is 0.223. The maximum absolute atomic E-state index is 6.12. The van der Waals surface area contributed by atoms with Crippen LogP contribution in [-0.2, 0) is 12.1 Å². The number of nitrogens with zero attached hydrogens (tertiary/aromatic N) is 2. The fourth-order valence-corrected chi connectivity index (χ4v) is 2.10. The summed E-state index contributed by atoms with van der Waals surface area (Å²) in [6.45, 7) is 0.227. The predicted octanol–water partition coefficient (Wildman–Crippen LogP) is 3.06. The van der Waals surface area contributed by atoms with Gasteiger partial charge in [0, 0.05) is 5.02 Å². The zero-order valence-corrected chi connectivity index (χ0v) is 12.3. The normalized spacial score (nSPS) is 16.1. The van der Waals surface area contributed by atoms with Crippen LogP contribution in [0.5, 0.6) is 5.75 Å². The number of rotatable bonds is 4. The van der Waals surface area contributed by atoms with E-state index in [-0.39, 0.29) is 19.0 Å². The summed E-state index contributed by atoms with van der Waals surface area (Å²) in [5.74, 6) is 1.71. The summed E-state index contributed by atoms with van der Waals surface area (Å²) in [5.41, 5.74) is 5.72. The van der Waals surface area contributed by atoms with Gasteiger partial charge < -0.3 is 15.0 Å². The number of ether oxygens (including phenoxy) is 1. The first-order chi connectivity index (χ1) is 9.16. The first-order valence-electron chi connectivity index (χ1n) is 6.16.